The summed E-state index contributed by atoms with van der Waals surface area (Å²) in [5.74, 6) is 1.09. The normalized spacial score (nSPS) is 13.9. The molecule has 120 valence electrons. The molecule has 6 nitrogen and oxygen atoms in total. The van der Waals surface area contributed by atoms with Gasteiger partial charge in [-0.1, -0.05) is 6.07 Å². The molecule has 3 heterocycles. The molecule has 6 heteroatoms. The number of aliphatic hydroxyl groups is 1. The molecule has 0 spiro atoms. The zero-order valence-corrected chi connectivity index (χ0v) is 13.3. The third-order valence-corrected chi connectivity index (χ3v) is 3.86. The van der Waals surface area contributed by atoms with Crippen LogP contribution in [0.25, 0.3) is 5.65 Å². The Hall–Kier alpha value is -2.60. The van der Waals surface area contributed by atoms with Gasteiger partial charge in [-0.05, 0) is 39.0 Å². The lowest BCUT2D eigenvalue weighted by atomic mass is 9.96. The molecule has 0 radical (unpaired) electrons. The number of amides is 1. The lowest BCUT2D eigenvalue weighted by Crippen LogP contribution is -2.39. The molecule has 1 atom stereocenters. The van der Waals surface area contributed by atoms with Crippen LogP contribution in [-0.4, -0.2) is 26.9 Å². The van der Waals surface area contributed by atoms with Crippen LogP contribution in [0.3, 0.4) is 0 Å². The highest BCUT2D eigenvalue weighted by molar-refractivity contribution is 5.93. The van der Waals surface area contributed by atoms with Crippen molar-refractivity contribution in [2.24, 2.45) is 0 Å². The lowest BCUT2D eigenvalue weighted by molar-refractivity contribution is 0.0512. The minimum Gasteiger partial charge on any atom is -0.466 e. The van der Waals surface area contributed by atoms with E-state index in [-0.39, 0.29) is 12.5 Å². The Kier molecular flexibility index (Phi) is 3.69. The molecule has 0 saturated carbocycles. The average molecular weight is 313 g/mol. The van der Waals surface area contributed by atoms with Crippen molar-refractivity contribution in [3.05, 3.63) is 59.4 Å². The van der Waals surface area contributed by atoms with Crippen LogP contribution in [0.5, 0.6) is 0 Å². The van der Waals surface area contributed by atoms with E-state index in [1.807, 2.05) is 25.1 Å². The van der Waals surface area contributed by atoms with Gasteiger partial charge in [0, 0.05) is 11.8 Å². The number of hydrogen-bond donors (Lipinski definition) is 2. The third kappa shape index (κ3) is 2.85. The van der Waals surface area contributed by atoms with Crippen LogP contribution >= 0.6 is 0 Å². The van der Waals surface area contributed by atoms with Crippen molar-refractivity contribution in [2.75, 3.05) is 6.54 Å². The minimum atomic E-state index is -1.21. The van der Waals surface area contributed by atoms with Gasteiger partial charge >= 0.3 is 0 Å². The van der Waals surface area contributed by atoms with E-state index in [2.05, 4.69) is 10.3 Å². The Bertz CT molecular complexity index is 861. The van der Waals surface area contributed by atoms with E-state index >= 15 is 0 Å². The van der Waals surface area contributed by atoms with Crippen molar-refractivity contribution in [3.63, 3.8) is 0 Å². The Morgan fingerprint density at radius 1 is 1.43 bits per heavy atom. The number of furan rings is 1. The highest BCUT2D eigenvalue weighted by atomic mass is 16.3. The number of hydrogen-bond acceptors (Lipinski definition) is 4. The van der Waals surface area contributed by atoms with Crippen LogP contribution in [-0.2, 0) is 5.60 Å². The van der Waals surface area contributed by atoms with Gasteiger partial charge in [-0.25, -0.2) is 4.98 Å². The van der Waals surface area contributed by atoms with Crippen molar-refractivity contribution >= 4 is 11.6 Å². The maximum Gasteiger partial charge on any atom is 0.270 e. The van der Waals surface area contributed by atoms with E-state index in [9.17, 15) is 9.90 Å². The van der Waals surface area contributed by atoms with E-state index in [0.29, 0.717) is 22.7 Å². The first-order valence-electron chi connectivity index (χ1n) is 7.39. The van der Waals surface area contributed by atoms with Gasteiger partial charge in [0.2, 0.25) is 0 Å². The molecular weight excluding hydrogens is 294 g/mol. The summed E-state index contributed by atoms with van der Waals surface area (Å²) in [6, 6.07) is 7.30. The van der Waals surface area contributed by atoms with E-state index in [0.717, 1.165) is 5.76 Å². The average Bonchev–Trinajstić information content (AvgIpc) is 3.08. The number of carbonyl (C=O) groups is 1. The monoisotopic (exact) mass is 313 g/mol. The molecule has 3 rings (SSSR count). The molecule has 0 aromatic carbocycles. The number of fused-ring (bicyclic) bond motifs is 1. The highest BCUT2D eigenvalue weighted by Crippen LogP contribution is 2.26. The number of pyridine rings is 1. The quantitative estimate of drug-likeness (QED) is 0.774. The Morgan fingerprint density at radius 3 is 2.91 bits per heavy atom. The smallest absolute Gasteiger partial charge is 0.270 e. The summed E-state index contributed by atoms with van der Waals surface area (Å²) >= 11 is 0. The van der Waals surface area contributed by atoms with Gasteiger partial charge in [-0.15, -0.1) is 0 Å². The summed E-state index contributed by atoms with van der Waals surface area (Å²) < 4.78 is 7.16. The fourth-order valence-electron chi connectivity index (χ4n) is 2.70. The van der Waals surface area contributed by atoms with Crippen molar-refractivity contribution < 1.29 is 14.3 Å². The molecule has 0 aliphatic carbocycles. The van der Waals surface area contributed by atoms with Crippen molar-refractivity contribution in [1.29, 1.82) is 0 Å². The molecule has 2 N–H and O–H groups in total. The van der Waals surface area contributed by atoms with Gasteiger partial charge in [0.05, 0.1) is 12.7 Å². The van der Waals surface area contributed by atoms with Gasteiger partial charge in [0.15, 0.2) is 0 Å². The second kappa shape index (κ2) is 5.55. The van der Waals surface area contributed by atoms with Crippen LogP contribution in [0, 0.1) is 13.8 Å². The third-order valence-electron chi connectivity index (χ3n) is 3.86. The SMILES string of the molecule is Cc1cc(C(C)(O)CNC(=O)c2cnc3ccccn23)c(C)o1. The summed E-state index contributed by atoms with van der Waals surface area (Å²) in [6.45, 7) is 5.34. The van der Waals surface area contributed by atoms with Crippen LogP contribution < -0.4 is 5.32 Å². The molecule has 0 aliphatic rings. The molecule has 1 amide bonds. The molecule has 3 aromatic rings. The predicted molar refractivity (Wildman–Crippen MR) is 85.3 cm³/mol. The maximum atomic E-state index is 12.4. The number of nitrogens with one attached hydrogen (secondary N) is 1. The maximum absolute atomic E-state index is 12.4. The number of rotatable bonds is 4. The standard InChI is InChI=1S/C17H19N3O3/c1-11-8-13(12(2)23-11)17(3,22)10-19-16(21)14-9-18-15-6-4-5-7-20(14)15/h4-9,22H,10H2,1-3H3,(H,19,21). The van der Waals surface area contributed by atoms with Crippen LogP contribution in [0.15, 0.2) is 41.1 Å². The number of aryl methyl sites for hydroxylation is 2. The van der Waals surface area contributed by atoms with Gasteiger partial charge in [-0.2, -0.15) is 0 Å². The molecular formula is C17H19N3O3. The van der Waals surface area contributed by atoms with Gasteiger partial charge in [0.1, 0.15) is 28.5 Å². The first-order valence-corrected chi connectivity index (χ1v) is 7.39. The molecule has 23 heavy (non-hydrogen) atoms. The first kappa shape index (κ1) is 15.3. The molecule has 1 unspecified atom stereocenters. The summed E-state index contributed by atoms with van der Waals surface area (Å²) in [7, 11) is 0. The summed E-state index contributed by atoms with van der Waals surface area (Å²) in [5.41, 5.74) is 0.591. The molecule has 3 aromatic heterocycles. The molecule has 0 fully saturated rings. The number of nitrogens with zero attached hydrogens (tertiary/aromatic N) is 2. The van der Waals surface area contributed by atoms with Crippen LogP contribution in [0.4, 0.5) is 0 Å². The number of aromatic nitrogens is 2. The molecule has 0 aliphatic heterocycles. The fourth-order valence-corrected chi connectivity index (χ4v) is 2.70. The Balaban J connectivity index is 1.77. The molecule has 0 saturated heterocycles. The summed E-state index contributed by atoms with van der Waals surface area (Å²) in [4.78, 5) is 16.6. The summed E-state index contributed by atoms with van der Waals surface area (Å²) in [5, 5.41) is 13.4. The summed E-state index contributed by atoms with van der Waals surface area (Å²) in [6.07, 6.45) is 3.30. The second-order valence-corrected chi connectivity index (χ2v) is 5.86. The van der Waals surface area contributed by atoms with E-state index in [4.69, 9.17) is 4.42 Å². The first-order chi connectivity index (χ1) is 10.9. The zero-order chi connectivity index (χ0) is 16.6. The second-order valence-electron chi connectivity index (χ2n) is 5.86. The van der Waals surface area contributed by atoms with Crippen LogP contribution in [0.1, 0.15) is 34.5 Å². The lowest BCUT2D eigenvalue weighted by Gasteiger charge is -2.23. The largest absolute Gasteiger partial charge is 0.466 e. The van der Waals surface area contributed by atoms with Gasteiger partial charge < -0.3 is 14.8 Å². The van der Waals surface area contributed by atoms with Crippen molar-refractivity contribution in [1.82, 2.24) is 14.7 Å². The van der Waals surface area contributed by atoms with Crippen molar-refractivity contribution in [3.8, 4) is 0 Å². The number of imidazole rings is 1. The highest BCUT2D eigenvalue weighted by Gasteiger charge is 2.28. The van der Waals surface area contributed by atoms with E-state index < -0.39 is 5.60 Å². The Labute approximate surface area is 133 Å². The topological polar surface area (TPSA) is 79.8 Å². The molecule has 0 bridgehead atoms. The number of carbonyl (C=O) groups excluding carboxylic acids is 1. The minimum absolute atomic E-state index is 0.0751. The van der Waals surface area contributed by atoms with Crippen LogP contribution in [0.2, 0.25) is 0 Å². The predicted octanol–water partition coefficient (Wildman–Crippen LogP) is 2.18. The van der Waals surface area contributed by atoms with Crippen molar-refractivity contribution in [2.45, 2.75) is 26.4 Å². The Morgan fingerprint density at radius 2 is 2.22 bits per heavy atom. The van der Waals surface area contributed by atoms with E-state index in [1.54, 1.807) is 30.5 Å². The van der Waals surface area contributed by atoms with Gasteiger partial charge in [-0.3, -0.25) is 9.20 Å². The van der Waals surface area contributed by atoms with E-state index in [1.165, 1.54) is 6.20 Å². The van der Waals surface area contributed by atoms with Gasteiger partial charge in [0.25, 0.3) is 5.91 Å². The zero-order valence-electron chi connectivity index (χ0n) is 13.3. The fraction of sp³-hybridized carbons (Fsp3) is 0.294.